The largest absolute Gasteiger partial charge is 0.508 e. The fourth-order valence-electron chi connectivity index (χ4n) is 5.56. The molecule has 1 aromatic rings. The molecule has 1 saturated heterocycles. The highest BCUT2D eigenvalue weighted by atomic mass is 32.2. The Balaban J connectivity index is 2.64. The molecule has 1 fully saturated rings. The van der Waals surface area contributed by atoms with Crippen LogP contribution in [0.5, 0.6) is 5.75 Å². The summed E-state index contributed by atoms with van der Waals surface area (Å²) in [5.74, 6) is -9.95. The number of carboxylic acid groups (broad SMARTS) is 1. The minimum atomic E-state index is -1.81. The Morgan fingerprint density at radius 1 is 0.900 bits per heavy atom. The zero-order valence-electron chi connectivity index (χ0n) is 34.7. The predicted octanol–water partition coefficient (Wildman–Crippen LogP) is -1.31. The molecule has 2 rings (SSSR count). The van der Waals surface area contributed by atoms with E-state index in [1.807, 2.05) is 0 Å². The smallest absolute Gasteiger partial charge is 0.329 e. The molecule has 1 aliphatic rings. The highest BCUT2D eigenvalue weighted by molar-refractivity contribution is 7.84. The quantitative estimate of drug-likeness (QED) is 0.0777. The van der Waals surface area contributed by atoms with Crippen molar-refractivity contribution in [1.29, 1.82) is 0 Å². The lowest BCUT2D eigenvalue weighted by Gasteiger charge is -2.30. The third-order valence-electron chi connectivity index (χ3n) is 9.20. The van der Waals surface area contributed by atoms with Gasteiger partial charge in [-0.15, -0.1) is 0 Å². The van der Waals surface area contributed by atoms with Gasteiger partial charge in [0.1, 0.15) is 53.8 Å². The van der Waals surface area contributed by atoms with Crippen LogP contribution in [0.25, 0.3) is 0 Å². The van der Waals surface area contributed by atoms with E-state index in [9.17, 15) is 57.6 Å². The first-order chi connectivity index (χ1) is 28.1. The number of phenols is 1. The molecule has 1 aromatic carbocycles. The monoisotopic (exact) mass is 861 g/mol. The molecule has 3 unspecified atom stereocenters. The van der Waals surface area contributed by atoms with Crippen molar-refractivity contribution in [2.75, 3.05) is 12.0 Å². The molecule has 9 N–H and O–H groups in total. The summed E-state index contributed by atoms with van der Waals surface area (Å²) >= 11 is 0. The number of benzene rings is 1. The van der Waals surface area contributed by atoms with Gasteiger partial charge < -0.3 is 52.2 Å². The second kappa shape index (κ2) is 23.5. The molecule has 60 heavy (non-hydrogen) atoms. The molecule has 1 heterocycles. The predicted molar refractivity (Wildman–Crippen MR) is 217 cm³/mol. The summed E-state index contributed by atoms with van der Waals surface area (Å²) in [6.07, 6.45) is 1.12. The second-order valence-corrected chi connectivity index (χ2v) is 15.9. The number of carbonyl (C=O) groups excluding carboxylic acids is 8. The van der Waals surface area contributed by atoms with E-state index in [0.717, 1.165) is 0 Å². The van der Waals surface area contributed by atoms with Gasteiger partial charge in [0, 0.05) is 35.5 Å². The van der Waals surface area contributed by atoms with Crippen LogP contribution in [-0.4, -0.2) is 122 Å². The van der Waals surface area contributed by atoms with Gasteiger partial charge in [0.25, 0.3) is 5.91 Å². The Morgan fingerprint density at radius 2 is 1.53 bits per heavy atom. The molecule has 0 saturated carbocycles. The lowest BCUT2D eigenvalue weighted by Crippen LogP contribution is -2.62. The van der Waals surface area contributed by atoms with Crippen LogP contribution in [0.2, 0.25) is 0 Å². The van der Waals surface area contributed by atoms with E-state index in [1.54, 1.807) is 33.8 Å². The SMILES string of the molecule is C/C=C1\NC(=O)[C@H](C)NC(=O)C(NC(=O)[C@H](Cc2ccc(O)cc2)NC(=O)[C@@H](NC(=O)/C(C)=C/C)C(C)C)[C@@H](C)OC(=O)C(CS(C)=O)NC(=O)[C@H](CCC(=O)O)NC1=O. The van der Waals surface area contributed by atoms with Crippen molar-refractivity contribution in [3.05, 3.63) is 53.3 Å². The molecule has 0 radical (unpaired) electrons. The van der Waals surface area contributed by atoms with Crippen LogP contribution in [0, 0.1) is 5.92 Å². The minimum absolute atomic E-state index is 0.0819. The Labute approximate surface area is 349 Å². The number of carboxylic acids is 1. The van der Waals surface area contributed by atoms with Gasteiger partial charge in [0.05, 0.1) is 5.75 Å². The summed E-state index contributed by atoms with van der Waals surface area (Å²) in [5, 5.41) is 36.2. The van der Waals surface area contributed by atoms with Crippen molar-refractivity contribution >= 4 is 64.1 Å². The van der Waals surface area contributed by atoms with E-state index < -0.39 is 131 Å². The van der Waals surface area contributed by atoms with Crippen LogP contribution in [-0.2, 0) is 65.1 Å². The van der Waals surface area contributed by atoms with Crippen LogP contribution >= 0.6 is 0 Å². The summed E-state index contributed by atoms with van der Waals surface area (Å²) < 4.78 is 17.9. The number of aromatic hydroxyl groups is 1. The standard InChI is InChI=1S/C39H55N7O13S/c1-9-20(5)32(50)45-30(19(3)4)37(55)43-27(17-23-11-13-24(47)14-12-23)36(54)46-31-22(7)59-39(57)28(18-60(8)58)44-35(53)26(15-16-29(48)49)42-34(52)25(10-2)41-33(51)21(6)40-38(31)56/h9-14,19,21-22,26-28,30-31,47H,15-18H2,1-8H3,(H,40,56)(H,41,51)(H,42,52)(H,43,55)(H,44,53)(H,45,50)(H,46,54)(H,48,49)/b20-9+,25-10-/t21-,22+,26-,27-,28?,30-,31?,60?/m0/s1. The van der Waals surface area contributed by atoms with E-state index in [1.165, 1.54) is 57.4 Å². The Kier molecular flexibility index (Phi) is 19.6. The average Bonchev–Trinajstić information content (AvgIpc) is 3.17. The van der Waals surface area contributed by atoms with Crippen LogP contribution in [0.3, 0.4) is 0 Å². The molecule has 20 nitrogen and oxygen atoms in total. The van der Waals surface area contributed by atoms with Crippen molar-refractivity contribution in [1.82, 2.24) is 37.2 Å². The number of hydrogen-bond acceptors (Lipinski definition) is 12. The molecule has 0 spiro atoms. The first-order valence-corrected chi connectivity index (χ1v) is 20.7. The number of cyclic esters (lactones) is 1. The fourth-order valence-corrected chi connectivity index (χ4v) is 6.25. The molecule has 1 aliphatic heterocycles. The molecule has 0 aromatic heterocycles. The molecular formula is C39H55N7O13S. The maximum atomic E-state index is 14.2. The van der Waals surface area contributed by atoms with Gasteiger partial charge in [0.15, 0.2) is 0 Å². The molecule has 7 amide bonds. The number of amides is 7. The summed E-state index contributed by atoms with van der Waals surface area (Å²) in [4.78, 5) is 120. The molecule has 330 valence electrons. The number of phenolic OH excluding ortho intramolecular Hbond substituents is 1. The summed E-state index contributed by atoms with van der Waals surface area (Å²) in [6, 6.07) is -3.38. The highest BCUT2D eigenvalue weighted by Crippen LogP contribution is 2.14. The van der Waals surface area contributed by atoms with Crippen LogP contribution in [0.15, 0.2) is 47.7 Å². The number of hydrogen-bond donors (Lipinski definition) is 9. The van der Waals surface area contributed by atoms with Crippen molar-refractivity contribution in [2.24, 2.45) is 5.92 Å². The molecular weight excluding hydrogens is 807 g/mol. The average molecular weight is 862 g/mol. The number of rotatable bonds is 14. The normalized spacial score (nSPS) is 23.1. The number of aliphatic carboxylic acids is 1. The molecule has 0 bridgehead atoms. The van der Waals surface area contributed by atoms with Crippen LogP contribution in [0.4, 0.5) is 0 Å². The first-order valence-electron chi connectivity index (χ1n) is 19.0. The third kappa shape index (κ3) is 15.6. The Morgan fingerprint density at radius 3 is 2.08 bits per heavy atom. The van der Waals surface area contributed by atoms with Gasteiger partial charge in [-0.05, 0) is 64.7 Å². The number of carbonyl (C=O) groups is 9. The topological polar surface area (TPSA) is 305 Å². The lowest BCUT2D eigenvalue weighted by atomic mass is 10.00. The van der Waals surface area contributed by atoms with E-state index in [2.05, 4.69) is 37.2 Å². The van der Waals surface area contributed by atoms with Gasteiger partial charge in [-0.1, -0.05) is 38.1 Å². The number of ether oxygens (including phenoxy) is 1. The summed E-state index contributed by atoms with van der Waals surface area (Å²) in [7, 11) is -1.76. The van der Waals surface area contributed by atoms with E-state index in [-0.39, 0.29) is 17.9 Å². The van der Waals surface area contributed by atoms with Gasteiger partial charge in [-0.25, -0.2) is 4.79 Å². The van der Waals surface area contributed by atoms with Crippen molar-refractivity contribution in [3.8, 4) is 5.75 Å². The van der Waals surface area contributed by atoms with Crippen LogP contribution < -0.4 is 37.2 Å². The maximum Gasteiger partial charge on any atom is 0.329 e. The van der Waals surface area contributed by atoms with E-state index in [0.29, 0.717) is 11.1 Å². The van der Waals surface area contributed by atoms with Gasteiger partial charge in [-0.3, -0.25) is 42.6 Å². The highest BCUT2D eigenvalue weighted by Gasteiger charge is 2.38. The lowest BCUT2D eigenvalue weighted by molar-refractivity contribution is -0.155. The summed E-state index contributed by atoms with van der Waals surface area (Å²) in [6.45, 7) is 10.4. The van der Waals surface area contributed by atoms with Gasteiger partial charge in [0.2, 0.25) is 35.4 Å². The third-order valence-corrected chi connectivity index (χ3v) is 10.0. The van der Waals surface area contributed by atoms with Crippen molar-refractivity contribution < 1.29 is 62.3 Å². The number of allylic oxidation sites excluding steroid dienone is 2. The first kappa shape index (κ1) is 50.0. The van der Waals surface area contributed by atoms with E-state index in [4.69, 9.17) is 4.74 Å². The zero-order valence-corrected chi connectivity index (χ0v) is 35.5. The molecule has 0 aliphatic carbocycles. The Hall–Kier alpha value is -6.12. The number of esters is 1. The molecule has 21 heteroatoms. The Bertz CT molecular complexity index is 1880. The fraction of sp³-hybridized carbons (Fsp3) is 0.513. The maximum absolute atomic E-state index is 14.2. The molecule has 8 atom stereocenters. The minimum Gasteiger partial charge on any atom is -0.508 e. The van der Waals surface area contributed by atoms with Crippen LogP contribution in [0.1, 0.15) is 66.9 Å². The van der Waals surface area contributed by atoms with Crippen molar-refractivity contribution in [3.63, 3.8) is 0 Å². The number of nitrogens with one attached hydrogen (secondary N) is 7. The van der Waals surface area contributed by atoms with Gasteiger partial charge in [-0.2, -0.15) is 0 Å². The van der Waals surface area contributed by atoms with E-state index >= 15 is 0 Å². The zero-order chi connectivity index (χ0) is 45.4. The summed E-state index contributed by atoms with van der Waals surface area (Å²) in [5.41, 5.74) is 0.404. The van der Waals surface area contributed by atoms with Gasteiger partial charge >= 0.3 is 11.9 Å². The van der Waals surface area contributed by atoms with Crippen molar-refractivity contribution in [2.45, 2.75) is 110 Å². The second-order valence-electron chi connectivity index (χ2n) is 14.4.